The number of benzene rings is 2. The van der Waals surface area contributed by atoms with Crippen LogP contribution in [0.25, 0.3) is 0 Å². The molecule has 1 heterocycles. The molecule has 0 aliphatic carbocycles. The van der Waals surface area contributed by atoms with Crippen LogP contribution in [0.4, 0.5) is 5.69 Å². The van der Waals surface area contributed by atoms with E-state index in [0.717, 1.165) is 29.7 Å². The van der Waals surface area contributed by atoms with Crippen LogP contribution in [0.1, 0.15) is 27.9 Å². The molecule has 5 nitrogen and oxygen atoms in total. The quantitative estimate of drug-likeness (QED) is 0.670. The van der Waals surface area contributed by atoms with E-state index in [1.807, 2.05) is 55.1 Å². The number of hydrogen-bond acceptors (Lipinski definition) is 4. The topological polar surface area (TPSA) is 67.6 Å². The molecule has 0 aromatic heterocycles. The lowest BCUT2D eigenvalue weighted by Crippen LogP contribution is -2.37. The summed E-state index contributed by atoms with van der Waals surface area (Å²) < 4.78 is 0. The van der Waals surface area contributed by atoms with Crippen LogP contribution in [0.5, 0.6) is 5.75 Å². The Hall–Kier alpha value is -2.53. The summed E-state index contributed by atoms with van der Waals surface area (Å²) in [5, 5.41) is 0. The lowest BCUT2D eigenvalue weighted by Gasteiger charge is -2.19. The van der Waals surface area contributed by atoms with Gasteiger partial charge in [0.15, 0.2) is 0 Å². The van der Waals surface area contributed by atoms with E-state index >= 15 is 0 Å². The molecule has 0 saturated carbocycles. The van der Waals surface area contributed by atoms with Crippen molar-refractivity contribution in [3.8, 4) is 5.75 Å². The van der Waals surface area contributed by atoms with Gasteiger partial charge in [0, 0.05) is 30.4 Å². The van der Waals surface area contributed by atoms with Gasteiger partial charge in [-0.2, -0.15) is 5.48 Å². The minimum absolute atomic E-state index is 0.0962. The molecule has 3 rings (SSSR count). The first kappa shape index (κ1) is 16.3. The zero-order valence-corrected chi connectivity index (χ0v) is 14.1. The molecule has 2 aromatic carbocycles. The van der Waals surface area contributed by atoms with Crippen molar-refractivity contribution in [1.82, 2.24) is 10.4 Å². The molecular formula is C19H23N3O2. The first-order valence-electron chi connectivity index (χ1n) is 8.18. The third-order valence-corrected chi connectivity index (χ3v) is 4.37. The number of nitrogens with two attached hydrogens (primary N) is 1. The average Bonchev–Trinajstić information content (AvgIpc) is 3.02. The zero-order valence-electron chi connectivity index (χ0n) is 14.1. The van der Waals surface area contributed by atoms with E-state index in [1.54, 1.807) is 6.07 Å². The Morgan fingerprint density at radius 3 is 2.62 bits per heavy atom. The summed E-state index contributed by atoms with van der Waals surface area (Å²) in [6.07, 6.45) is 0.860. The summed E-state index contributed by atoms with van der Waals surface area (Å²) in [7, 11) is 0. The number of anilines is 1. The van der Waals surface area contributed by atoms with Gasteiger partial charge in [0.1, 0.15) is 5.75 Å². The highest BCUT2D eigenvalue weighted by molar-refractivity contribution is 5.97. The molecule has 0 spiro atoms. The maximum atomic E-state index is 12.8. The van der Waals surface area contributed by atoms with Gasteiger partial charge >= 0.3 is 0 Å². The van der Waals surface area contributed by atoms with E-state index in [9.17, 15) is 4.79 Å². The van der Waals surface area contributed by atoms with Gasteiger partial charge < -0.3 is 15.5 Å². The van der Waals surface area contributed by atoms with Gasteiger partial charge in [0.05, 0.1) is 6.04 Å². The van der Waals surface area contributed by atoms with E-state index in [4.69, 9.17) is 10.6 Å². The lowest BCUT2D eigenvalue weighted by molar-refractivity contribution is 0.0776. The fourth-order valence-electron chi connectivity index (χ4n) is 3.08. The Labute approximate surface area is 142 Å². The van der Waals surface area contributed by atoms with E-state index in [2.05, 4.69) is 5.48 Å². The second kappa shape index (κ2) is 6.93. The predicted molar refractivity (Wildman–Crippen MR) is 94.8 cm³/mol. The van der Waals surface area contributed by atoms with Gasteiger partial charge in [-0.15, -0.1) is 0 Å². The second-order valence-electron chi connectivity index (χ2n) is 6.30. The third-order valence-electron chi connectivity index (χ3n) is 4.37. The monoisotopic (exact) mass is 325 g/mol. The number of hydrogen-bond donors (Lipinski definition) is 2. The predicted octanol–water partition coefficient (Wildman–Crippen LogP) is 2.68. The lowest BCUT2D eigenvalue weighted by atomic mass is 10.0. The highest BCUT2D eigenvalue weighted by Gasteiger charge is 2.28. The number of likely N-dealkylation sites (tertiary alicyclic amines) is 1. The first-order chi connectivity index (χ1) is 11.5. The Morgan fingerprint density at radius 2 is 1.92 bits per heavy atom. The first-order valence-corrected chi connectivity index (χ1v) is 8.18. The smallest absolute Gasteiger partial charge is 0.254 e. The number of nitrogens with zero attached hydrogens (tertiary/aromatic N) is 1. The van der Waals surface area contributed by atoms with Crippen molar-refractivity contribution >= 4 is 11.6 Å². The molecule has 1 aliphatic rings. The Morgan fingerprint density at radius 1 is 1.21 bits per heavy atom. The Kier molecular flexibility index (Phi) is 4.71. The summed E-state index contributed by atoms with van der Waals surface area (Å²) in [4.78, 5) is 20.3. The van der Waals surface area contributed by atoms with Crippen LogP contribution >= 0.6 is 0 Å². The van der Waals surface area contributed by atoms with Crippen molar-refractivity contribution < 1.29 is 9.63 Å². The molecular weight excluding hydrogens is 302 g/mol. The second-order valence-corrected chi connectivity index (χ2v) is 6.30. The normalized spacial score (nSPS) is 17.1. The summed E-state index contributed by atoms with van der Waals surface area (Å²) in [6, 6.07) is 13.3. The number of carbonyl (C=O) groups excluding carboxylic acids is 1. The molecule has 1 atom stereocenters. The average molecular weight is 325 g/mol. The molecule has 0 bridgehead atoms. The van der Waals surface area contributed by atoms with Crippen LogP contribution in [0.15, 0.2) is 42.5 Å². The summed E-state index contributed by atoms with van der Waals surface area (Å²) in [5.41, 5.74) is 12.3. The van der Waals surface area contributed by atoms with Crippen molar-refractivity contribution in [2.24, 2.45) is 0 Å². The molecule has 1 saturated heterocycles. The number of amides is 1. The molecule has 1 unspecified atom stereocenters. The third kappa shape index (κ3) is 3.51. The van der Waals surface area contributed by atoms with Crippen LogP contribution < -0.4 is 16.1 Å². The number of aryl methyl sites for hydroxylation is 2. The summed E-state index contributed by atoms with van der Waals surface area (Å²) in [5.74, 6) is 0.772. The van der Waals surface area contributed by atoms with E-state index in [-0.39, 0.29) is 11.9 Å². The fourth-order valence-corrected chi connectivity index (χ4v) is 3.08. The standard InChI is InChI=1S/C19H23N3O2/c1-13-5-3-6-14(2)18(13)19(23)22-10-9-16(12-22)21-24-17-8-4-7-15(20)11-17/h3-8,11,16,21H,9-10,12,20H2,1-2H3. The maximum absolute atomic E-state index is 12.8. The van der Waals surface area contributed by atoms with Gasteiger partial charge in [-0.05, 0) is 43.5 Å². The number of nitrogens with one attached hydrogen (secondary N) is 1. The van der Waals surface area contributed by atoms with Crippen molar-refractivity contribution in [2.45, 2.75) is 26.3 Å². The van der Waals surface area contributed by atoms with Crippen molar-refractivity contribution in [2.75, 3.05) is 18.8 Å². The van der Waals surface area contributed by atoms with Crippen molar-refractivity contribution in [1.29, 1.82) is 0 Å². The van der Waals surface area contributed by atoms with Crippen LogP contribution in [-0.2, 0) is 0 Å². The van der Waals surface area contributed by atoms with E-state index < -0.39 is 0 Å². The Bertz CT molecular complexity index is 725. The fraction of sp³-hybridized carbons (Fsp3) is 0.316. The summed E-state index contributed by atoms with van der Waals surface area (Å²) >= 11 is 0. The number of carbonyl (C=O) groups is 1. The van der Waals surface area contributed by atoms with Gasteiger partial charge in [-0.3, -0.25) is 4.79 Å². The van der Waals surface area contributed by atoms with Gasteiger partial charge in [-0.1, -0.05) is 24.3 Å². The van der Waals surface area contributed by atoms with Crippen LogP contribution in [0.2, 0.25) is 0 Å². The number of rotatable bonds is 4. The molecule has 1 aliphatic heterocycles. The van der Waals surface area contributed by atoms with E-state index in [1.165, 1.54) is 0 Å². The number of nitrogen functional groups attached to an aromatic ring is 1. The maximum Gasteiger partial charge on any atom is 0.254 e. The van der Waals surface area contributed by atoms with Crippen LogP contribution in [0, 0.1) is 13.8 Å². The zero-order chi connectivity index (χ0) is 17.1. The van der Waals surface area contributed by atoms with Crippen molar-refractivity contribution in [3.05, 3.63) is 59.2 Å². The highest BCUT2D eigenvalue weighted by atomic mass is 16.6. The van der Waals surface area contributed by atoms with Gasteiger partial charge in [-0.25, -0.2) is 0 Å². The SMILES string of the molecule is Cc1cccc(C)c1C(=O)N1CCC(NOc2cccc(N)c2)C1. The largest absolute Gasteiger partial charge is 0.408 e. The molecule has 126 valence electrons. The summed E-state index contributed by atoms with van der Waals surface area (Å²) in [6.45, 7) is 5.32. The van der Waals surface area contributed by atoms with Gasteiger partial charge in [0.2, 0.25) is 0 Å². The molecule has 5 heteroatoms. The van der Waals surface area contributed by atoms with E-state index in [0.29, 0.717) is 18.0 Å². The molecule has 1 fully saturated rings. The molecule has 3 N–H and O–H groups in total. The molecule has 1 amide bonds. The van der Waals surface area contributed by atoms with Crippen molar-refractivity contribution in [3.63, 3.8) is 0 Å². The number of hydroxylamine groups is 1. The highest BCUT2D eigenvalue weighted by Crippen LogP contribution is 2.20. The van der Waals surface area contributed by atoms with Crippen LogP contribution in [-0.4, -0.2) is 29.9 Å². The Balaban J connectivity index is 1.60. The van der Waals surface area contributed by atoms with Gasteiger partial charge in [0.25, 0.3) is 5.91 Å². The molecule has 24 heavy (non-hydrogen) atoms. The van der Waals surface area contributed by atoms with Crippen LogP contribution in [0.3, 0.4) is 0 Å². The minimum atomic E-state index is 0.0962. The molecule has 2 aromatic rings. The molecule has 0 radical (unpaired) electrons. The minimum Gasteiger partial charge on any atom is -0.408 e.